The zero-order chi connectivity index (χ0) is 30.0. The molecule has 1 heteroatoms. The van der Waals surface area contributed by atoms with Gasteiger partial charge in [-0.25, -0.2) is 0 Å². The van der Waals surface area contributed by atoms with Crippen LogP contribution in [0.2, 0.25) is 0 Å². The Kier molecular flexibility index (Phi) is 6.06. The minimum Gasteiger partial charge on any atom is -0.294 e. The minimum absolute atomic E-state index is 0.0213. The third kappa shape index (κ3) is 4.11. The number of benzene rings is 6. The van der Waals surface area contributed by atoms with Crippen LogP contribution in [0.5, 0.6) is 0 Å². The number of hydrogen-bond acceptors (Lipinski definition) is 1. The van der Waals surface area contributed by atoms with Crippen molar-refractivity contribution >= 4 is 5.78 Å². The van der Waals surface area contributed by atoms with Crippen LogP contribution in [-0.2, 0) is 18.3 Å². The number of fused-ring (bicyclic) bond motifs is 6. The molecule has 6 aromatic carbocycles. The molecule has 0 saturated carbocycles. The monoisotopic (exact) mass is 566 g/mol. The first kappa shape index (κ1) is 26.6. The van der Waals surface area contributed by atoms with E-state index in [9.17, 15) is 4.79 Å². The quantitative estimate of drug-likeness (QED) is 0.194. The molecule has 0 unspecified atom stereocenters. The van der Waals surface area contributed by atoms with Gasteiger partial charge in [-0.15, -0.1) is 0 Å². The van der Waals surface area contributed by atoms with Crippen molar-refractivity contribution in [1.82, 2.24) is 0 Å². The maximum atomic E-state index is 12.9. The van der Waals surface area contributed by atoms with Crippen LogP contribution in [-0.4, -0.2) is 5.78 Å². The molecule has 8 rings (SSSR count). The van der Waals surface area contributed by atoms with E-state index >= 15 is 0 Å². The molecule has 0 saturated heterocycles. The standard InChI is InChI=1S/C43H34O/c1-27(44)33-16-7-8-17-34(33)38-23-32(30-15-11-14-29(22-30)28-12-5-4-6-13-28)24-39-35(38)21-20-31-25-42-40(26-37(31)39)36-18-9-10-19-41(36)43(42,2)3/h4-19,22-26H,20-21H2,1-3H3. The first-order chi connectivity index (χ1) is 21.4. The lowest BCUT2D eigenvalue weighted by Gasteiger charge is -2.28. The molecular weight excluding hydrogens is 532 g/mol. The molecule has 0 spiro atoms. The van der Waals surface area contributed by atoms with Gasteiger partial charge < -0.3 is 0 Å². The fraction of sp³-hybridized carbons (Fsp3) is 0.140. The van der Waals surface area contributed by atoms with Crippen molar-refractivity contribution in [3.05, 3.63) is 155 Å². The zero-order valence-corrected chi connectivity index (χ0v) is 25.4. The van der Waals surface area contributed by atoms with Gasteiger partial charge in [0, 0.05) is 11.0 Å². The van der Waals surface area contributed by atoms with Crippen LogP contribution in [0.25, 0.3) is 55.6 Å². The lowest BCUT2D eigenvalue weighted by atomic mass is 9.76. The van der Waals surface area contributed by atoms with Crippen molar-refractivity contribution < 1.29 is 4.79 Å². The summed E-state index contributed by atoms with van der Waals surface area (Å²) < 4.78 is 0. The Hall–Kier alpha value is -5.01. The highest BCUT2D eigenvalue weighted by Gasteiger charge is 2.37. The van der Waals surface area contributed by atoms with Gasteiger partial charge in [0.15, 0.2) is 5.78 Å². The van der Waals surface area contributed by atoms with Gasteiger partial charge in [-0.1, -0.05) is 117 Å². The van der Waals surface area contributed by atoms with Crippen LogP contribution in [0.1, 0.15) is 53.4 Å². The van der Waals surface area contributed by atoms with Gasteiger partial charge in [-0.2, -0.15) is 0 Å². The highest BCUT2D eigenvalue weighted by molar-refractivity contribution is 6.02. The average Bonchev–Trinajstić information content (AvgIpc) is 3.29. The Bertz CT molecular complexity index is 2110. The largest absolute Gasteiger partial charge is 0.294 e. The molecule has 0 N–H and O–H groups in total. The Morgan fingerprint density at radius 1 is 0.500 bits per heavy atom. The minimum atomic E-state index is -0.0213. The van der Waals surface area contributed by atoms with Crippen molar-refractivity contribution in [1.29, 1.82) is 0 Å². The normalized spacial score (nSPS) is 13.9. The Morgan fingerprint density at radius 3 is 1.91 bits per heavy atom. The van der Waals surface area contributed by atoms with E-state index in [-0.39, 0.29) is 11.2 Å². The van der Waals surface area contributed by atoms with Crippen LogP contribution in [0.15, 0.2) is 127 Å². The summed E-state index contributed by atoms with van der Waals surface area (Å²) in [6.07, 6.45) is 1.93. The van der Waals surface area contributed by atoms with Gasteiger partial charge in [0.1, 0.15) is 0 Å². The number of rotatable bonds is 4. The molecule has 0 atom stereocenters. The van der Waals surface area contributed by atoms with Crippen molar-refractivity contribution in [3.63, 3.8) is 0 Å². The molecule has 0 amide bonds. The summed E-state index contributed by atoms with van der Waals surface area (Å²) in [6.45, 7) is 6.39. The average molecular weight is 567 g/mol. The van der Waals surface area contributed by atoms with Gasteiger partial charge in [0.2, 0.25) is 0 Å². The molecule has 6 aromatic rings. The molecule has 0 aromatic heterocycles. The van der Waals surface area contributed by atoms with Crippen LogP contribution < -0.4 is 0 Å². The van der Waals surface area contributed by atoms with Crippen LogP contribution in [0.3, 0.4) is 0 Å². The van der Waals surface area contributed by atoms with Crippen molar-refractivity contribution in [2.24, 2.45) is 0 Å². The predicted molar refractivity (Wildman–Crippen MR) is 183 cm³/mol. The second-order valence-electron chi connectivity index (χ2n) is 12.8. The van der Waals surface area contributed by atoms with E-state index in [1.165, 1.54) is 72.3 Å². The second kappa shape index (κ2) is 10.0. The van der Waals surface area contributed by atoms with Crippen molar-refractivity contribution in [2.75, 3.05) is 0 Å². The predicted octanol–water partition coefficient (Wildman–Crippen LogP) is 11.0. The van der Waals surface area contributed by atoms with Crippen LogP contribution in [0, 0.1) is 0 Å². The molecule has 0 heterocycles. The van der Waals surface area contributed by atoms with E-state index in [1.54, 1.807) is 6.92 Å². The van der Waals surface area contributed by atoms with Gasteiger partial charge >= 0.3 is 0 Å². The SMILES string of the molecule is CC(=O)c1ccccc1-c1cc(-c2cccc(-c3ccccc3)c2)cc2c1CCc1cc3c(cc1-2)-c1ccccc1C3(C)C. The second-order valence-corrected chi connectivity index (χ2v) is 12.8. The number of Topliss-reactive ketones (excluding diaryl/α,β-unsaturated/α-hetero) is 1. The molecule has 2 aliphatic carbocycles. The highest BCUT2D eigenvalue weighted by atomic mass is 16.1. The van der Waals surface area contributed by atoms with Crippen molar-refractivity contribution in [3.8, 4) is 55.6 Å². The maximum absolute atomic E-state index is 12.9. The smallest absolute Gasteiger partial charge is 0.160 e. The topological polar surface area (TPSA) is 17.1 Å². The molecule has 0 bridgehead atoms. The first-order valence-corrected chi connectivity index (χ1v) is 15.6. The fourth-order valence-electron chi connectivity index (χ4n) is 7.63. The first-order valence-electron chi connectivity index (χ1n) is 15.6. The molecule has 212 valence electrons. The molecule has 1 nitrogen and oxygen atoms in total. The third-order valence-electron chi connectivity index (χ3n) is 9.89. The lowest BCUT2D eigenvalue weighted by Crippen LogP contribution is -2.16. The Balaban J connectivity index is 1.39. The third-order valence-corrected chi connectivity index (χ3v) is 9.89. The summed E-state index contributed by atoms with van der Waals surface area (Å²) in [4.78, 5) is 12.9. The molecule has 2 aliphatic rings. The van der Waals surface area contributed by atoms with E-state index in [0.29, 0.717) is 0 Å². The molecular formula is C43H34O. The van der Waals surface area contributed by atoms with E-state index in [4.69, 9.17) is 0 Å². The number of carbonyl (C=O) groups is 1. The molecule has 0 radical (unpaired) electrons. The van der Waals surface area contributed by atoms with Gasteiger partial charge in [-0.3, -0.25) is 4.79 Å². The summed E-state index contributed by atoms with van der Waals surface area (Å²) in [5.41, 5.74) is 18.6. The summed E-state index contributed by atoms with van der Waals surface area (Å²) in [7, 11) is 0. The molecule has 44 heavy (non-hydrogen) atoms. The fourth-order valence-corrected chi connectivity index (χ4v) is 7.63. The van der Waals surface area contributed by atoms with Crippen molar-refractivity contribution in [2.45, 2.75) is 39.0 Å². The summed E-state index contributed by atoms with van der Waals surface area (Å²) in [6, 6.07) is 46.1. The molecule has 0 fully saturated rings. The number of ketones is 1. The van der Waals surface area contributed by atoms with E-state index in [0.717, 1.165) is 24.0 Å². The summed E-state index contributed by atoms with van der Waals surface area (Å²) in [5, 5.41) is 0. The summed E-state index contributed by atoms with van der Waals surface area (Å²) >= 11 is 0. The number of aryl methyl sites for hydroxylation is 1. The Labute approximate surface area is 259 Å². The summed E-state index contributed by atoms with van der Waals surface area (Å²) in [5.74, 6) is 0.0960. The Morgan fingerprint density at radius 2 is 1.14 bits per heavy atom. The van der Waals surface area contributed by atoms with E-state index < -0.39 is 0 Å². The van der Waals surface area contributed by atoms with Gasteiger partial charge in [0.25, 0.3) is 0 Å². The molecule has 0 aliphatic heterocycles. The van der Waals surface area contributed by atoms with E-state index in [2.05, 4.69) is 129 Å². The number of hydrogen-bond donors (Lipinski definition) is 0. The maximum Gasteiger partial charge on any atom is 0.160 e. The van der Waals surface area contributed by atoms with Gasteiger partial charge in [0.05, 0.1) is 0 Å². The lowest BCUT2D eigenvalue weighted by molar-refractivity contribution is 0.101. The highest BCUT2D eigenvalue weighted by Crippen LogP contribution is 2.52. The van der Waals surface area contributed by atoms with Crippen LogP contribution in [0.4, 0.5) is 0 Å². The van der Waals surface area contributed by atoms with Crippen LogP contribution >= 0.6 is 0 Å². The van der Waals surface area contributed by atoms with Gasteiger partial charge in [-0.05, 0) is 122 Å². The number of carbonyl (C=O) groups excluding carboxylic acids is 1. The van der Waals surface area contributed by atoms with E-state index in [1.807, 2.05) is 12.1 Å². The zero-order valence-electron chi connectivity index (χ0n) is 25.4.